The standard InChI is InChI=1S/C24H32BN3O2S/c1-15-7-9-19(28(12-15)22(29)30-23(2,3)4)16-8-10-20-18(11-16)26-21(31-20)17-13-27(6)14-24(17,5)25/h8-11,15,17H,7,12-14H2,1-6H3/t15-,17-,24-/m0/s1. The first-order valence-corrected chi connectivity index (χ1v) is 11.8. The Morgan fingerprint density at radius 2 is 2.06 bits per heavy atom. The Labute approximate surface area is 190 Å². The van der Waals surface area contributed by atoms with Crippen molar-refractivity contribution in [1.29, 1.82) is 0 Å². The maximum atomic E-state index is 12.9. The number of carbonyl (C=O) groups is 1. The van der Waals surface area contributed by atoms with Crippen LogP contribution in [-0.4, -0.2) is 61.0 Å². The minimum absolute atomic E-state index is 0.228. The lowest BCUT2D eigenvalue weighted by atomic mass is 9.64. The maximum absolute atomic E-state index is 12.9. The predicted octanol–water partition coefficient (Wildman–Crippen LogP) is 5.29. The highest BCUT2D eigenvalue weighted by Gasteiger charge is 2.40. The summed E-state index contributed by atoms with van der Waals surface area (Å²) in [6, 6.07) is 6.30. The number of rotatable bonds is 2. The molecule has 2 aromatic rings. The van der Waals surface area contributed by atoms with Crippen LogP contribution in [0.25, 0.3) is 15.9 Å². The van der Waals surface area contributed by atoms with Crippen molar-refractivity contribution in [3.8, 4) is 0 Å². The smallest absolute Gasteiger partial charge is 0.414 e. The minimum Gasteiger partial charge on any atom is -0.443 e. The van der Waals surface area contributed by atoms with Crippen LogP contribution in [0.2, 0.25) is 5.31 Å². The number of allylic oxidation sites excluding steroid dienone is 1. The van der Waals surface area contributed by atoms with Gasteiger partial charge in [0.15, 0.2) is 0 Å². The van der Waals surface area contributed by atoms with E-state index in [-0.39, 0.29) is 17.3 Å². The van der Waals surface area contributed by atoms with E-state index in [0.29, 0.717) is 12.5 Å². The molecule has 0 N–H and O–H groups in total. The molecule has 3 atom stereocenters. The molecule has 1 aromatic heterocycles. The van der Waals surface area contributed by atoms with Crippen LogP contribution in [0.5, 0.6) is 0 Å². The number of hydrogen-bond acceptors (Lipinski definition) is 5. The molecule has 2 aliphatic heterocycles. The number of aromatic nitrogens is 1. The van der Waals surface area contributed by atoms with Gasteiger partial charge in [0.25, 0.3) is 0 Å². The van der Waals surface area contributed by atoms with Gasteiger partial charge in [-0.3, -0.25) is 4.90 Å². The molecule has 1 amide bonds. The molecule has 0 unspecified atom stereocenters. The number of likely N-dealkylation sites (N-methyl/N-ethyl adjacent to an activating group) is 1. The van der Waals surface area contributed by atoms with E-state index in [9.17, 15) is 4.79 Å². The summed E-state index contributed by atoms with van der Waals surface area (Å²) in [6.07, 6.45) is 2.79. The first-order valence-electron chi connectivity index (χ1n) is 11.0. The molecular weight excluding hydrogens is 405 g/mol. The summed E-state index contributed by atoms with van der Waals surface area (Å²) in [4.78, 5) is 21.9. The Balaban J connectivity index is 1.66. The van der Waals surface area contributed by atoms with Gasteiger partial charge < -0.3 is 9.64 Å². The third kappa shape index (κ3) is 4.68. The van der Waals surface area contributed by atoms with Crippen LogP contribution >= 0.6 is 11.3 Å². The van der Waals surface area contributed by atoms with Crippen molar-refractivity contribution >= 4 is 41.2 Å². The second-order valence-corrected chi connectivity index (χ2v) is 11.6. The first kappa shape index (κ1) is 22.3. The Morgan fingerprint density at radius 3 is 2.71 bits per heavy atom. The van der Waals surface area contributed by atoms with Gasteiger partial charge in [0.2, 0.25) is 0 Å². The van der Waals surface area contributed by atoms with Crippen molar-refractivity contribution in [2.24, 2.45) is 5.92 Å². The van der Waals surface area contributed by atoms with Gasteiger partial charge in [-0.15, -0.1) is 11.3 Å². The molecule has 0 bridgehead atoms. The van der Waals surface area contributed by atoms with Crippen molar-refractivity contribution in [1.82, 2.24) is 14.8 Å². The highest BCUT2D eigenvalue weighted by atomic mass is 32.1. The number of ether oxygens (including phenoxy) is 1. The summed E-state index contributed by atoms with van der Waals surface area (Å²) in [5.74, 6) is 0.624. The number of nitrogens with zero attached hydrogens (tertiary/aromatic N) is 3. The van der Waals surface area contributed by atoms with Crippen molar-refractivity contribution in [2.75, 3.05) is 26.7 Å². The number of hydrogen-bond donors (Lipinski definition) is 0. The fraction of sp³-hybridized carbons (Fsp3) is 0.583. The van der Waals surface area contributed by atoms with Gasteiger partial charge in [-0.2, -0.15) is 0 Å². The molecule has 1 fully saturated rings. The normalized spacial score (nSPS) is 27.5. The molecule has 0 saturated carbocycles. The summed E-state index contributed by atoms with van der Waals surface area (Å²) in [7, 11) is 8.70. The third-order valence-corrected chi connectivity index (χ3v) is 7.16. The zero-order valence-corrected chi connectivity index (χ0v) is 20.3. The summed E-state index contributed by atoms with van der Waals surface area (Å²) in [6.45, 7) is 12.4. The van der Waals surface area contributed by atoms with Gasteiger partial charge in [0.05, 0.1) is 28.8 Å². The van der Waals surface area contributed by atoms with E-state index in [1.807, 2.05) is 20.8 Å². The maximum Gasteiger partial charge on any atom is 0.414 e. The molecule has 1 saturated heterocycles. The highest BCUT2D eigenvalue weighted by Crippen LogP contribution is 2.47. The second-order valence-electron chi connectivity index (χ2n) is 10.5. The van der Waals surface area contributed by atoms with Gasteiger partial charge in [-0.25, -0.2) is 9.78 Å². The number of amides is 1. The number of thiazole rings is 1. The molecule has 4 rings (SSSR count). The van der Waals surface area contributed by atoms with Crippen molar-refractivity contribution in [2.45, 2.75) is 57.9 Å². The molecule has 3 heterocycles. The first-order chi connectivity index (χ1) is 14.4. The SMILES string of the molecule is [B][C@@]1(C)CN(C)C[C@H]1c1nc2cc(C3=CC[C@H](C)CN3C(=O)OC(C)(C)C)ccc2s1. The number of fused-ring (bicyclic) bond motifs is 1. The molecule has 2 radical (unpaired) electrons. The lowest BCUT2D eigenvalue weighted by Gasteiger charge is -2.33. The van der Waals surface area contributed by atoms with E-state index in [4.69, 9.17) is 17.6 Å². The van der Waals surface area contributed by atoms with Crippen LogP contribution in [0.1, 0.15) is 57.5 Å². The Bertz CT molecular complexity index is 1020. The fourth-order valence-electron chi connectivity index (χ4n) is 4.56. The average Bonchev–Trinajstić information content (AvgIpc) is 3.18. The van der Waals surface area contributed by atoms with Crippen LogP contribution in [0.15, 0.2) is 24.3 Å². The van der Waals surface area contributed by atoms with E-state index < -0.39 is 5.60 Å². The molecule has 0 spiro atoms. The molecule has 2 aliphatic rings. The molecule has 7 heteroatoms. The van der Waals surface area contributed by atoms with E-state index in [2.05, 4.69) is 50.1 Å². The predicted molar refractivity (Wildman–Crippen MR) is 129 cm³/mol. The lowest BCUT2D eigenvalue weighted by molar-refractivity contribution is 0.0327. The monoisotopic (exact) mass is 437 g/mol. The Morgan fingerprint density at radius 1 is 1.32 bits per heavy atom. The highest BCUT2D eigenvalue weighted by molar-refractivity contribution is 7.18. The van der Waals surface area contributed by atoms with Crippen molar-refractivity contribution in [3.63, 3.8) is 0 Å². The Kier molecular flexibility index (Phi) is 5.71. The van der Waals surface area contributed by atoms with E-state index in [1.54, 1.807) is 16.2 Å². The Hall–Kier alpha value is -1.86. The molecule has 31 heavy (non-hydrogen) atoms. The van der Waals surface area contributed by atoms with Gasteiger partial charge in [-0.05, 0) is 64.1 Å². The average molecular weight is 437 g/mol. The van der Waals surface area contributed by atoms with Gasteiger partial charge in [0, 0.05) is 24.6 Å². The summed E-state index contributed by atoms with van der Waals surface area (Å²) in [5.41, 5.74) is 2.35. The zero-order valence-electron chi connectivity index (χ0n) is 19.4. The lowest BCUT2D eigenvalue weighted by Crippen LogP contribution is -2.39. The summed E-state index contributed by atoms with van der Waals surface area (Å²) < 4.78 is 6.83. The minimum atomic E-state index is -0.528. The van der Waals surface area contributed by atoms with Gasteiger partial charge in [0.1, 0.15) is 5.60 Å². The zero-order chi connectivity index (χ0) is 22.6. The molecule has 164 valence electrons. The third-order valence-electron chi connectivity index (χ3n) is 6.01. The number of benzene rings is 1. The van der Waals surface area contributed by atoms with Crippen LogP contribution < -0.4 is 0 Å². The molecule has 1 aromatic carbocycles. The topological polar surface area (TPSA) is 45.7 Å². The number of likely N-dealkylation sites (tertiary alicyclic amines) is 1. The van der Waals surface area contributed by atoms with Crippen LogP contribution in [0.4, 0.5) is 4.79 Å². The van der Waals surface area contributed by atoms with E-state index in [1.165, 1.54) is 0 Å². The van der Waals surface area contributed by atoms with Crippen molar-refractivity contribution < 1.29 is 9.53 Å². The fourth-order valence-corrected chi connectivity index (χ4v) is 5.76. The second kappa shape index (κ2) is 7.93. The van der Waals surface area contributed by atoms with Crippen LogP contribution in [0, 0.1) is 5.92 Å². The molecule has 5 nitrogen and oxygen atoms in total. The van der Waals surface area contributed by atoms with Crippen LogP contribution in [-0.2, 0) is 4.74 Å². The number of carbonyl (C=O) groups excluding carboxylic acids is 1. The van der Waals surface area contributed by atoms with Gasteiger partial charge >= 0.3 is 6.09 Å². The molecular formula is C24H32BN3O2S. The summed E-state index contributed by atoms with van der Waals surface area (Å²) >= 11 is 1.73. The van der Waals surface area contributed by atoms with Gasteiger partial charge in [-0.1, -0.05) is 26.0 Å². The van der Waals surface area contributed by atoms with Crippen molar-refractivity contribution in [3.05, 3.63) is 34.8 Å². The molecule has 0 aliphatic carbocycles. The largest absolute Gasteiger partial charge is 0.443 e. The summed E-state index contributed by atoms with van der Waals surface area (Å²) in [5, 5.41) is 0.817. The quantitative estimate of drug-likeness (QED) is 0.599. The van der Waals surface area contributed by atoms with E-state index in [0.717, 1.165) is 46.0 Å². The van der Waals surface area contributed by atoms with E-state index >= 15 is 0 Å². The van der Waals surface area contributed by atoms with Crippen LogP contribution in [0.3, 0.4) is 0 Å².